The van der Waals surface area contributed by atoms with E-state index in [9.17, 15) is 4.79 Å². The number of aromatic nitrogens is 1. The normalized spacial score (nSPS) is 10.0. The lowest BCUT2D eigenvalue weighted by atomic mass is 10.2. The van der Waals surface area contributed by atoms with Crippen molar-refractivity contribution in [2.45, 2.75) is 26.2 Å². The number of amides is 1. The Kier molecular flexibility index (Phi) is 8.61. The minimum absolute atomic E-state index is 0. The molecule has 2 aromatic rings. The molecule has 0 unspecified atom stereocenters. The van der Waals surface area contributed by atoms with Crippen LogP contribution in [0.25, 0.3) is 11.3 Å². The zero-order valence-electron chi connectivity index (χ0n) is 13.1. The van der Waals surface area contributed by atoms with Crippen molar-refractivity contribution in [3.05, 3.63) is 29.6 Å². The number of nitrogens with two attached hydrogens (primary N) is 1. The average molecular weight is 356 g/mol. The minimum atomic E-state index is -0.0466. The van der Waals surface area contributed by atoms with Gasteiger partial charge in [-0.2, -0.15) is 0 Å². The quantitative estimate of drug-likeness (QED) is 0.756. The predicted molar refractivity (Wildman–Crippen MR) is 97.5 cm³/mol. The standard InChI is InChI=1S/C16H21N3O2S.ClH/c1-2-10-21-13-7-5-12(6-8-13)14-11-22-16(18-14)19-15(20)4-3-9-17;/h5-8,11H,2-4,9-10,17H2,1H3,(H,18,19,20);1H. The Morgan fingerprint density at radius 1 is 1.35 bits per heavy atom. The Balaban J connectivity index is 0.00000264. The fourth-order valence-electron chi connectivity index (χ4n) is 1.85. The summed E-state index contributed by atoms with van der Waals surface area (Å²) >= 11 is 1.42. The summed E-state index contributed by atoms with van der Waals surface area (Å²) in [6.45, 7) is 3.31. The number of halogens is 1. The molecule has 0 aliphatic heterocycles. The fourth-order valence-corrected chi connectivity index (χ4v) is 2.59. The smallest absolute Gasteiger partial charge is 0.226 e. The molecule has 0 fully saturated rings. The van der Waals surface area contributed by atoms with Crippen LogP contribution in [0.15, 0.2) is 29.6 Å². The maximum Gasteiger partial charge on any atom is 0.226 e. The van der Waals surface area contributed by atoms with Gasteiger partial charge >= 0.3 is 0 Å². The Bertz CT molecular complexity index is 602. The summed E-state index contributed by atoms with van der Waals surface area (Å²) in [7, 11) is 0. The highest BCUT2D eigenvalue weighted by atomic mass is 35.5. The molecule has 126 valence electrons. The van der Waals surface area contributed by atoms with Crippen LogP contribution in [-0.4, -0.2) is 24.0 Å². The number of nitrogens with zero attached hydrogens (tertiary/aromatic N) is 1. The van der Waals surface area contributed by atoms with Gasteiger partial charge in [-0.25, -0.2) is 4.98 Å². The molecule has 0 radical (unpaired) electrons. The van der Waals surface area contributed by atoms with E-state index in [1.807, 2.05) is 29.6 Å². The van der Waals surface area contributed by atoms with Crippen LogP contribution in [-0.2, 0) is 4.79 Å². The van der Waals surface area contributed by atoms with Gasteiger partial charge in [0.1, 0.15) is 5.75 Å². The van der Waals surface area contributed by atoms with Gasteiger partial charge in [0.05, 0.1) is 12.3 Å². The van der Waals surface area contributed by atoms with Gasteiger partial charge in [0, 0.05) is 17.4 Å². The molecule has 1 amide bonds. The van der Waals surface area contributed by atoms with Crippen molar-refractivity contribution < 1.29 is 9.53 Å². The van der Waals surface area contributed by atoms with Crippen LogP contribution >= 0.6 is 23.7 Å². The molecule has 0 spiro atoms. The lowest BCUT2D eigenvalue weighted by Crippen LogP contribution is -2.13. The van der Waals surface area contributed by atoms with Crippen LogP contribution in [0.4, 0.5) is 5.13 Å². The molecule has 7 heteroatoms. The maximum absolute atomic E-state index is 11.6. The van der Waals surface area contributed by atoms with E-state index in [2.05, 4.69) is 17.2 Å². The van der Waals surface area contributed by atoms with Crippen LogP contribution in [0.5, 0.6) is 5.75 Å². The maximum atomic E-state index is 11.6. The van der Waals surface area contributed by atoms with Crippen LogP contribution in [0, 0.1) is 0 Å². The van der Waals surface area contributed by atoms with Gasteiger partial charge < -0.3 is 15.8 Å². The third-order valence-corrected chi connectivity index (χ3v) is 3.74. The topological polar surface area (TPSA) is 77.2 Å². The monoisotopic (exact) mass is 355 g/mol. The van der Waals surface area contributed by atoms with E-state index in [4.69, 9.17) is 10.5 Å². The van der Waals surface area contributed by atoms with Crippen molar-refractivity contribution in [3.63, 3.8) is 0 Å². The second kappa shape index (κ2) is 10.2. The van der Waals surface area contributed by atoms with Crippen molar-refractivity contribution in [1.82, 2.24) is 4.98 Å². The molecule has 1 aromatic heterocycles. The predicted octanol–water partition coefficient (Wildman–Crippen LogP) is 3.70. The molecule has 0 saturated heterocycles. The number of thiazole rings is 1. The molecule has 0 aliphatic rings. The highest BCUT2D eigenvalue weighted by Crippen LogP contribution is 2.26. The zero-order chi connectivity index (χ0) is 15.8. The summed E-state index contributed by atoms with van der Waals surface area (Å²) in [5, 5.41) is 5.34. The third-order valence-electron chi connectivity index (χ3n) is 2.98. The SMILES string of the molecule is CCCOc1ccc(-c2csc(NC(=O)CCCN)n2)cc1.Cl. The lowest BCUT2D eigenvalue weighted by Gasteiger charge is -2.04. The summed E-state index contributed by atoms with van der Waals surface area (Å²) in [5.41, 5.74) is 7.24. The lowest BCUT2D eigenvalue weighted by molar-refractivity contribution is -0.116. The molecule has 0 saturated carbocycles. The number of hydrogen-bond acceptors (Lipinski definition) is 5. The fraction of sp³-hybridized carbons (Fsp3) is 0.375. The molecule has 23 heavy (non-hydrogen) atoms. The van der Waals surface area contributed by atoms with E-state index in [0.29, 0.717) is 24.5 Å². The minimum Gasteiger partial charge on any atom is -0.494 e. The first-order chi connectivity index (χ1) is 10.7. The summed E-state index contributed by atoms with van der Waals surface area (Å²) in [6.07, 6.45) is 2.10. The van der Waals surface area contributed by atoms with Gasteiger partial charge in [-0.1, -0.05) is 6.92 Å². The van der Waals surface area contributed by atoms with Gasteiger partial charge in [-0.15, -0.1) is 23.7 Å². The summed E-state index contributed by atoms with van der Waals surface area (Å²) in [5.74, 6) is 0.811. The first kappa shape index (κ1) is 19.4. The number of benzene rings is 1. The van der Waals surface area contributed by atoms with E-state index >= 15 is 0 Å². The van der Waals surface area contributed by atoms with Gasteiger partial charge in [0.2, 0.25) is 5.91 Å². The highest BCUT2D eigenvalue weighted by molar-refractivity contribution is 7.14. The van der Waals surface area contributed by atoms with Gasteiger partial charge in [-0.05, 0) is 43.7 Å². The molecule has 5 nitrogen and oxygen atoms in total. The van der Waals surface area contributed by atoms with E-state index in [1.165, 1.54) is 11.3 Å². The molecule has 1 aromatic carbocycles. The van der Waals surface area contributed by atoms with Gasteiger partial charge in [-0.3, -0.25) is 4.79 Å². The number of hydrogen-bond donors (Lipinski definition) is 2. The van der Waals surface area contributed by atoms with Crippen molar-refractivity contribution in [3.8, 4) is 17.0 Å². The molecule has 0 atom stereocenters. The number of rotatable bonds is 8. The average Bonchev–Trinajstić information content (AvgIpc) is 3.00. The Labute approximate surface area is 146 Å². The van der Waals surface area contributed by atoms with E-state index in [0.717, 1.165) is 30.0 Å². The van der Waals surface area contributed by atoms with Gasteiger partial charge in [0.25, 0.3) is 0 Å². The number of nitrogens with one attached hydrogen (secondary N) is 1. The zero-order valence-corrected chi connectivity index (χ0v) is 14.7. The Morgan fingerprint density at radius 2 is 2.09 bits per heavy atom. The molecule has 3 N–H and O–H groups in total. The van der Waals surface area contributed by atoms with E-state index < -0.39 is 0 Å². The first-order valence-electron chi connectivity index (χ1n) is 7.41. The van der Waals surface area contributed by atoms with E-state index in [-0.39, 0.29) is 18.3 Å². The summed E-state index contributed by atoms with van der Waals surface area (Å²) in [6, 6.07) is 7.81. The Morgan fingerprint density at radius 3 is 2.74 bits per heavy atom. The van der Waals surface area contributed by atoms with Crippen molar-refractivity contribution in [2.75, 3.05) is 18.5 Å². The van der Waals surface area contributed by atoms with Gasteiger partial charge in [0.15, 0.2) is 5.13 Å². The molecule has 1 heterocycles. The molecule has 0 aliphatic carbocycles. The molecule has 2 rings (SSSR count). The van der Waals surface area contributed by atoms with Crippen LogP contribution in [0.3, 0.4) is 0 Å². The van der Waals surface area contributed by atoms with Crippen LogP contribution < -0.4 is 15.8 Å². The largest absolute Gasteiger partial charge is 0.494 e. The molecule has 0 bridgehead atoms. The molecular weight excluding hydrogens is 334 g/mol. The first-order valence-corrected chi connectivity index (χ1v) is 8.29. The Hall–Kier alpha value is -1.63. The highest BCUT2D eigenvalue weighted by Gasteiger charge is 2.08. The summed E-state index contributed by atoms with van der Waals surface area (Å²) < 4.78 is 5.56. The number of anilines is 1. The van der Waals surface area contributed by atoms with Crippen LogP contribution in [0.2, 0.25) is 0 Å². The number of ether oxygens (including phenoxy) is 1. The van der Waals surface area contributed by atoms with Crippen molar-refractivity contribution in [1.29, 1.82) is 0 Å². The van der Waals surface area contributed by atoms with E-state index in [1.54, 1.807) is 0 Å². The molecular formula is C16H22ClN3O2S. The van der Waals surface area contributed by atoms with Crippen LogP contribution in [0.1, 0.15) is 26.2 Å². The third kappa shape index (κ3) is 6.17. The van der Waals surface area contributed by atoms with Crippen molar-refractivity contribution >= 4 is 34.8 Å². The van der Waals surface area contributed by atoms with Crippen molar-refractivity contribution in [2.24, 2.45) is 5.73 Å². The second-order valence-corrected chi connectivity index (χ2v) is 5.71. The second-order valence-electron chi connectivity index (χ2n) is 4.85. The summed E-state index contributed by atoms with van der Waals surface area (Å²) in [4.78, 5) is 16.1. The number of carbonyl (C=O) groups is 1. The number of carbonyl (C=O) groups excluding carboxylic acids is 1.